The molecule has 0 saturated carbocycles. The first-order chi connectivity index (χ1) is 3.13. The van der Waals surface area contributed by atoms with E-state index in [-0.39, 0.29) is 0 Å². The molecular formula is C2H2FO3S-. The summed E-state index contributed by atoms with van der Waals surface area (Å²) in [6.07, 6.45) is 0. The quantitative estimate of drug-likeness (QED) is 0.364. The number of halogens is 1. The summed E-state index contributed by atoms with van der Waals surface area (Å²) < 4.78 is 29.6. The molecule has 42 valence electrons. The Bertz CT molecular complexity index is 89.1. The molecule has 7 heavy (non-hydrogen) atoms. The molecule has 0 N–H and O–H groups in total. The maximum absolute atomic E-state index is 10.9. The highest BCUT2D eigenvalue weighted by Crippen LogP contribution is 1.75. The van der Waals surface area contributed by atoms with Gasteiger partial charge in [0.15, 0.2) is 0 Å². The van der Waals surface area contributed by atoms with Crippen LogP contribution in [-0.4, -0.2) is 20.6 Å². The van der Waals surface area contributed by atoms with Crippen LogP contribution in [0.1, 0.15) is 0 Å². The SMILES string of the molecule is O=C(F)CS(=O)[O-]. The van der Waals surface area contributed by atoms with Crippen molar-refractivity contribution in [1.82, 2.24) is 0 Å². The molecule has 0 bridgehead atoms. The van der Waals surface area contributed by atoms with Crippen LogP contribution in [0.25, 0.3) is 0 Å². The largest absolute Gasteiger partial charge is 0.772 e. The van der Waals surface area contributed by atoms with Crippen molar-refractivity contribution in [3.05, 3.63) is 0 Å². The lowest BCUT2D eigenvalue weighted by atomic mass is 10.9. The van der Waals surface area contributed by atoms with Gasteiger partial charge >= 0.3 is 6.04 Å². The number of carbonyl (C=O) groups is 1. The number of hydrogen-bond donors (Lipinski definition) is 0. The van der Waals surface area contributed by atoms with Crippen molar-refractivity contribution >= 4 is 17.1 Å². The van der Waals surface area contributed by atoms with Crippen LogP contribution >= 0.6 is 0 Å². The molecule has 5 heteroatoms. The highest BCUT2D eigenvalue weighted by atomic mass is 32.2. The first kappa shape index (κ1) is 6.71. The molecule has 3 nitrogen and oxygen atoms in total. The van der Waals surface area contributed by atoms with E-state index in [0.29, 0.717) is 0 Å². The van der Waals surface area contributed by atoms with E-state index >= 15 is 0 Å². The lowest BCUT2D eigenvalue weighted by Crippen LogP contribution is -2.02. The Morgan fingerprint density at radius 1 is 1.86 bits per heavy atom. The summed E-state index contributed by atoms with van der Waals surface area (Å²) in [5, 5.41) is 0. The predicted octanol–water partition coefficient (Wildman–Crippen LogP) is -0.638. The molecule has 0 aliphatic heterocycles. The molecule has 0 saturated heterocycles. The molecule has 0 radical (unpaired) electrons. The van der Waals surface area contributed by atoms with Crippen LogP contribution in [0, 0.1) is 0 Å². The summed E-state index contributed by atoms with van der Waals surface area (Å²) in [6.45, 7) is 0. The Labute approximate surface area is 41.8 Å². The Balaban J connectivity index is 3.32. The van der Waals surface area contributed by atoms with E-state index in [0.717, 1.165) is 0 Å². The molecule has 0 aromatic carbocycles. The molecular weight excluding hydrogens is 123 g/mol. The Morgan fingerprint density at radius 2 is 2.29 bits per heavy atom. The van der Waals surface area contributed by atoms with Gasteiger partial charge < -0.3 is 4.55 Å². The third kappa shape index (κ3) is 5.71. The average molecular weight is 125 g/mol. The monoisotopic (exact) mass is 125 g/mol. The molecule has 1 unspecified atom stereocenters. The van der Waals surface area contributed by atoms with Crippen molar-refractivity contribution < 1.29 is 17.9 Å². The molecule has 0 fully saturated rings. The normalized spacial score (nSPS) is 13.4. The third-order valence-corrected chi connectivity index (χ3v) is 0.694. The highest BCUT2D eigenvalue weighted by molar-refractivity contribution is 7.79. The van der Waals surface area contributed by atoms with Gasteiger partial charge in [-0.1, -0.05) is 0 Å². The minimum Gasteiger partial charge on any atom is -0.772 e. The van der Waals surface area contributed by atoms with Gasteiger partial charge in [-0.2, -0.15) is 4.39 Å². The van der Waals surface area contributed by atoms with Crippen molar-refractivity contribution in [3.8, 4) is 0 Å². The lowest BCUT2D eigenvalue weighted by Gasteiger charge is -1.94. The van der Waals surface area contributed by atoms with E-state index in [1.54, 1.807) is 0 Å². The van der Waals surface area contributed by atoms with Gasteiger partial charge in [0.1, 0.15) is 5.75 Å². The lowest BCUT2D eigenvalue weighted by molar-refractivity contribution is -0.126. The molecule has 0 rings (SSSR count). The fourth-order valence-corrected chi connectivity index (χ4v) is 0.278. The molecule has 0 aromatic heterocycles. The zero-order chi connectivity index (χ0) is 5.86. The summed E-state index contributed by atoms with van der Waals surface area (Å²) >= 11 is -2.57. The van der Waals surface area contributed by atoms with Crippen LogP contribution in [0.4, 0.5) is 4.39 Å². The zero-order valence-electron chi connectivity index (χ0n) is 3.22. The van der Waals surface area contributed by atoms with Crippen LogP contribution in [0.3, 0.4) is 0 Å². The Hall–Kier alpha value is -0.290. The average Bonchev–Trinajstić information content (AvgIpc) is 1.27. The molecule has 0 amide bonds. The van der Waals surface area contributed by atoms with Gasteiger partial charge in [0.2, 0.25) is 0 Å². The van der Waals surface area contributed by atoms with Crippen molar-refractivity contribution in [1.29, 1.82) is 0 Å². The van der Waals surface area contributed by atoms with Crippen LogP contribution in [0.15, 0.2) is 0 Å². The summed E-state index contributed by atoms with van der Waals surface area (Å²) in [5.74, 6) is -1.03. The maximum atomic E-state index is 10.9. The van der Waals surface area contributed by atoms with E-state index in [9.17, 15) is 17.9 Å². The van der Waals surface area contributed by atoms with Crippen LogP contribution < -0.4 is 0 Å². The Morgan fingerprint density at radius 3 is 2.29 bits per heavy atom. The number of rotatable bonds is 2. The predicted molar refractivity (Wildman–Crippen MR) is 19.9 cm³/mol. The molecule has 0 aliphatic rings. The Kier molecular flexibility index (Phi) is 2.70. The molecule has 0 aromatic rings. The number of hydrogen-bond acceptors (Lipinski definition) is 3. The maximum Gasteiger partial charge on any atom is 0.312 e. The molecule has 1 atom stereocenters. The number of carbonyl (C=O) groups excluding carboxylic acids is 1. The highest BCUT2D eigenvalue weighted by Gasteiger charge is 1.93. The van der Waals surface area contributed by atoms with Crippen LogP contribution in [0.5, 0.6) is 0 Å². The van der Waals surface area contributed by atoms with Gasteiger partial charge in [-0.25, -0.2) is 0 Å². The second-order valence-corrected chi connectivity index (χ2v) is 1.70. The van der Waals surface area contributed by atoms with Gasteiger partial charge in [0.25, 0.3) is 0 Å². The van der Waals surface area contributed by atoms with Crippen LogP contribution in [0.2, 0.25) is 0 Å². The van der Waals surface area contributed by atoms with E-state index in [1.807, 2.05) is 0 Å². The molecule has 0 spiro atoms. The summed E-state index contributed by atoms with van der Waals surface area (Å²) in [6, 6.07) is -1.83. The third-order valence-electron chi connectivity index (χ3n) is 0.231. The smallest absolute Gasteiger partial charge is 0.312 e. The molecule has 0 heterocycles. The van der Waals surface area contributed by atoms with Gasteiger partial charge in [-0.05, 0) is 11.1 Å². The van der Waals surface area contributed by atoms with Gasteiger partial charge in [-0.3, -0.25) is 9.00 Å². The topological polar surface area (TPSA) is 57.2 Å². The minimum atomic E-state index is -2.57. The summed E-state index contributed by atoms with van der Waals surface area (Å²) in [4.78, 5) is 9.19. The molecule has 0 aliphatic carbocycles. The van der Waals surface area contributed by atoms with Gasteiger partial charge in [-0.15, -0.1) is 0 Å². The van der Waals surface area contributed by atoms with Gasteiger partial charge in [0.05, 0.1) is 0 Å². The second kappa shape index (κ2) is 2.81. The van der Waals surface area contributed by atoms with E-state index in [1.165, 1.54) is 0 Å². The van der Waals surface area contributed by atoms with Crippen LogP contribution in [-0.2, 0) is 15.9 Å². The van der Waals surface area contributed by atoms with E-state index in [2.05, 4.69) is 0 Å². The van der Waals surface area contributed by atoms with Crippen molar-refractivity contribution in [2.45, 2.75) is 0 Å². The second-order valence-electron chi connectivity index (χ2n) is 0.803. The summed E-state index contributed by atoms with van der Waals surface area (Å²) in [7, 11) is 0. The van der Waals surface area contributed by atoms with Gasteiger partial charge in [0, 0.05) is 0 Å². The fraction of sp³-hybridized carbons (Fsp3) is 0.500. The van der Waals surface area contributed by atoms with Crippen molar-refractivity contribution in [2.24, 2.45) is 0 Å². The van der Waals surface area contributed by atoms with E-state index in [4.69, 9.17) is 0 Å². The minimum absolute atomic E-state index is 1.03. The fourth-order valence-electron chi connectivity index (χ4n) is 0.0927. The summed E-state index contributed by atoms with van der Waals surface area (Å²) in [5.41, 5.74) is 0. The van der Waals surface area contributed by atoms with Crippen molar-refractivity contribution in [2.75, 3.05) is 5.75 Å². The first-order valence-electron chi connectivity index (χ1n) is 1.37. The first-order valence-corrected chi connectivity index (χ1v) is 2.61. The van der Waals surface area contributed by atoms with E-state index < -0.39 is 22.9 Å². The van der Waals surface area contributed by atoms with Crippen molar-refractivity contribution in [3.63, 3.8) is 0 Å². The zero-order valence-corrected chi connectivity index (χ0v) is 4.03. The standard InChI is InChI=1S/C2H3FO3S/c3-2(4)1-7(5)6/h1H2,(H,5,6)/p-1.